The van der Waals surface area contributed by atoms with Crippen molar-refractivity contribution >= 4 is 5.95 Å². The molecule has 3 heterocycles. The molecule has 1 aliphatic heterocycles. The maximum atomic E-state index is 10.6. The van der Waals surface area contributed by atoms with Crippen LogP contribution in [-0.2, 0) is 7.05 Å². The molecule has 0 radical (unpaired) electrons. The van der Waals surface area contributed by atoms with E-state index in [9.17, 15) is 5.11 Å². The Hall–Kier alpha value is -1.95. The smallest absolute Gasteiger partial charge is 0.225 e. The molecule has 2 atom stereocenters. The summed E-state index contributed by atoms with van der Waals surface area (Å²) in [5.41, 5.74) is 1.06. The highest BCUT2D eigenvalue weighted by molar-refractivity contribution is 5.30. The van der Waals surface area contributed by atoms with Crippen molar-refractivity contribution < 1.29 is 5.11 Å². The van der Waals surface area contributed by atoms with Crippen molar-refractivity contribution in [2.45, 2.75) is 25.9 Å². The Labute approximate surface area is 124 Å². The number of nitrogens with zero attached hydrogens (tertiary/aromatic N) is 5. The fourth-order valence-electron chi connectivity index (χ4n) is 2.87. The Morgan fingerprint density at radius 2 is 2.05 bits per heavy atom. The Morgan fingerprint density at radius 1 is 1.29 bits per heavy atom. The number of hydrogen-bond donors (Lipinski definition) is 1. The summed E-state index contributed by atoms with van der Waals surface area (Å²) in [7, 11) is 1.91. The van der Waals surface area contributed by atoms with Crippen LogP contribution in [0.3, 0.4) is 0 Å². The number of hydrogen-bond acceptors (Lipinski definition) is 5. The zero-order valence-electron chi connectivity index (χ0n) is 12.5. The fourth-order valence-corrected chi connectivity index (χ4v) is 2.87. The van der Waals surface area contributed by atoms with Crippen LogP contribution in [0, 0.1) is 12.8 Å². The molecule has 0 spiro atoms. The summed E-state index contributed by atoms with van der Waals surface area (Å²) in [6.45, 7) is 3.68. The van der Waals surface area contributed by atoms with E-state index in [-0.39, 0.29) is 5.92 Å². The maximum Gasteiger partial charge on any atom is 0.225 e. The molecular formula is C15H21N5O. The molecule has 6 heteroatoms. The second kappa shape index (κ2) is 5.81. The first kappa shape index (κ1) is 14.0. The van der Waals surface area contributed by atoms with Gasteiger partial charge in [0.25, 0.3) is 0 Å². The van der Waals surface area contributed by atoms with Gasteiger partial charge in [0.2, 0.25) is 5.95 Å². The Kier molecular flexibility index (Phi) is 3.88. The lowest BCUT2D eigenvalue weighted by Gasteiger charge is -2.34. The van der Waals surface area contributed by atoms with E-state index in [1.807, 2.05) is 37.1 Å². The van der Waals surface area contributed by atoms with Gasteiger partial charge in [0.1, 0.15) is 11.9 Å². The predicted molar refractivity (Wildman–Crippen MR) is 79.9 cm³/mol. The van der Waals surface area contributed by atoms with Gasteiger partial charge in [0.05, 0.1) is 0 Å². The molecule has 1 aliphatic rings. The van der Waals surface area contributed by atoms with Gasteiger partial charge in [-0.05, 0) is 25.3 Å². The molecular weight excluding hydrogens is 266 g/mol. The first-order valence-corrected chi connectivity index (χ1v) is 7.34. The molecule has 6 nitrogen and oxygen atoms in total. The molecule has 0 aromatic carbocycles. The summed E-state index contributed by atoms with van der Waals surface area (Å²) in [6.07, 6.45) is 8.74. The van der Waals surface area contributed by atoms with Crippen LogP contribution >= 0.6 is 0 Å². The minimum atomic E-state index is -0.543. The molecule has 112 valence electrons. The summed E-state index contributed by atoms with van der Waals surface area (Å²) in [6, 6.07) is 0. The Bertz CT molecular complexity index is 594. The maximum absolute atomic E-state index is 10.6. The van der Waals surface area contributed by atoms with Gasteiger partial charge in [0.15, 0.2) is 0 Å². The number of anilines is 1. The second-order valence-electron chi connectivity index (χ2n) is 5.75. The van der Waals surface area contributed by atoms with E-state index in [1.165, 1.54) is 0 Å². The molecule has 0 saturated carbocycles. The van der Waals surface area contributed by atoms with E-state index in [4.69, 9.17) is 0 Å². The van der Waals surface area contributed by atoms with Gasteiger partial charge < -0.3 is 14.6 Å². The number of aryl methyl sites for hydroxylation is 2. The highest BCUT2D eigenvalue weighted by Gasteiger charge is 2.30. The number of imidazole rings is 1. The van der Waals surface area contributed by atoms with Crippen LogP contribution in [0.5, 0.6) is 0 Å². The highest BCUT2D eigenvalue weighted by atomic mass is 16.3. The number of aliphatic hydroxyl groups excluding tert-OH is 1. The first-order chi connectivity index (χ1) is 10.1. The van der Waals surface area contributed by atoms with Gasteiger partial charge in [-0.2, -0.15) is 0 Å². The summed E-state index contributed by atoms with van der Waals surface area (Å²) in [5, 5.41) is 10.6. The molecule has 2 unspecified atom stereocenters. The average Bonchev–Trinajstić information content (AvgIpc) is 2.93. The lowest BCUT2D eigenvalue weighted by atomic mass is 9.92. The standard InChI is InChI=1S/C15H21N5O/c1-11-8-17-15(18-9-11)20-6-3-4-12(10-20)13(21)14-16-5-7-19(14)2/h5,7-9,12-13,21H,3-4,6,10H2,1-2H3. The van der Waals surface area contributed by atoms with Crippen molar-refractivity contribution in [3.63, 3.8) is 0 Å². The van der Waals surface area contributed by atoms with E-state index in [0.29, 0.717) is 0 Å². The van der Waals surface area contributed by atoms with Crippen LogP contribution in [-0.4, -0.2) is 37.7 Å². The molecule has 1 fully saturated rings. The van der Waals surface area contributed by atoms with Crippen molar-refractivity contribution in [3.05, 3.63) is 36.2 Å². The number of piperidine rings is 1. The normalized spacial score (nSPS) is 20.5. The van der Waals surface area contributed by atoms with E-state index < -0.39 is 6.10 Å². The quantitative estimate of drug-likeness (QED) is 0.926. The second-order valence-corrected chi connectivity index (χ2v) is 5.75. The molecule has 2 aromatic rings. The van der Waals surface area contributed by atoms with Crippen LogP contribution in [0.25, 0.3) is 0 Å². The number of rotatable bonds is 3. The predicted octanol–water partition coefficient (Wildman–Crippen LogP) is 1.47. The zero-order valence-corrected chi connectivity index (χ0v) is 12.5. The van der Waals surface area contributed by atoms with Crippen molar-refractivity contribution in [1.82, 2.24) is 19.5 Å². The van der Waals surface area contributed by atoms with Gasteiger partial charge in [0, 0.05) is 50.8 Å². The molecule has 2 aromatic heterocycles. The molecule has 0 aliphatic carbocycles. The third-order valence-corrected chi connectivity index (χ3v) is 4.08. The zero-order chi connectivity index (χ0) is 14.8. The molecule has 21 heavy (non-hydrogen) atoms. The third kappa shape index (κ3) is 2.90. The Morgan fingerprint density at radius 3 is 2.71 bits per heavy atom. The lowest BCUT2D eigenvalue weighted by molar-refractivity contribution is 0.0872. The van der Waals surface area contributed by atoms with Crippen molar-refractivity contribution in [1.29, 1.82) is 0 Å². The van der Waals surface area contributed by atoms with Crippen molar-refractivity contribution in [3.8, 4) is 0 Å². The van der Waals surface area contributed by atoms with Crippen LogP contribution in [0.15, 0.2) is 24.8 Å². The van der Waals surface area contributed by atoms with Crippen LogP contribution < -0.4 is 4.90 Å². The molecule has 0 bridgehead atoms. The van der Waals surface area contributed by atoms with Crippen molar-refractivity contribution in [2.24, 2.45) is 13.0 Å². The topological polar surface area (TPSA) is 67.1 Å². The SMILES string of the molecule is Cc1cnc(N2CCCC(C(O)c3nccn3C)C2)nc1. The molecule has 3 rings (SSSR count). The van der Waals surface area contributed by atoms with Gasteiger partial charge >= 0.3 is 0 Å². The highest BCUT2D eigenvalue weighted by Crippen LogP contribution is 2.29. The third-order valence-electron chi connectivity index (χ3n) is 4.08. The van der Waals surface area contributed by atoms with E-state index in [2.05, 4.69) is 19.9 Å². The monoisotopic (exact) mass is 287 g/mol. The summed E-state index contributed by atoms with van der Waals surface area (Å²) in [4.78, 5) is 15.2. The molecule has 1 saturated heterocycles. The number of aromatic nitrogens is 4. The fraction of sp³-hybridized carbons (Fsp3) is 0.533. The van der Waals surface area contributed by atoms with Crippen LogP contribution in [0.2, 0.25) is 0 Å². The largest absolute Gasteiger partial charge is 0.385 e. The summed E-state index contributed by atoms with van der Waals surface area (Å²) in [5.74, 6) is 1.63. The number of aliphatic hydroxyl groups is 1. The average molecular weight is 287 g/mol. The van der Waals surface area contributed by atoms with Crippen LogP contribution in [0.4, 0.5) is 5.95 Å². The van der Waals surface area contributed by atoms with Gasteiger partial charge in [-0.25, -0.2) is 15.0 Å². The van der Waals surface area contributed by atoms with E-state index in [1.54, 1.807) is 6.20 Å². The lowest BCUT2D eigenvalue weighted by Crippen LogP contribution is -2.39. The minimum absolute atomic E-state index is 0.157. The van der Waals surface area contributed by atoms with Gasteiger partial charge in [-0.15, -0.1) is 0 Å². The molecule has 1 N–H and O–H groups in total. The van der Waals surface area contributed by atoms with Gasteiger partial charge in [-0.1, -0.05) is 0 Å². The summed E-state index contributed by atoms with van der Waals surface area (Å²) < 4.78 is 1.88. The first-order valence-electron chi connectivity index (χ1n) is 7.34. The van der Waals surface area contributed by atoms with Crippen LogP contribution in [0.1, 0.15) is 30.3 Å². The Balaban J connectivity index is 1.74. The summed E-state index contributed by atoms with van der Waals surface area (Å²) >= 11 is 0. The minimum Gasteiger partial charge on any atom is -0.385 e. The molecule has 0 amide bonds. The van der Waals surface area contributed by atoms with Crippen molar-refractivity contribution in [2.75, 3.05) is 18.0 Å². The van der Waals surface area contributed by atoms with E-state index in [0.717, 1.165) is 43.3 Å². The van der Waals surface area contributed by atoms with E-state index >= 15 is 0 Å². The van der Waals surface area contributed by atoms with Gasteiger partial charge in [-0.3, -0.25) is 0 Å².